The quantitative estimate of drug-likeness (QED) is 0.799. The van der Waals surface area contributed by atoms with E-state index in [0.29, 0.717) is 24.4 Å². The molecular formula is C15H28N2O2. The molecule has 4 nitrogen and oxygen atoms in total. The van der Waals surface area contributed by atoms with Crippen LogP contribution in [0.15, 0.2) is 0 Å². The molecule has 0 bridgehead atoms. The van der Waals surface area contributed by atoms with Crippen LogP contribution in [0.4, 0.5) is 0 Å². The molecule has 2 saturated carbocycles. The average molecular weight is 268 g/mol. The third-order valence-corrected chi connectivity index (χ3v) is 4.88. The second-order valence-electron chi connectivity index (χ2n) is 6.24. The van der Waals surface area contributed by atoms with Crippen LogP contribution in [-0.2, 0) is 9.53 Å². The number of carbonyl (C=O) groups is 1. The molecule has 0 saturated heterocycles. The Morgan fingerprint density at radius 2 is 1.95 bits per heavy atom. The largest absolute Gasteiger partial charge is 0.381 e. The SMILES string of the molecule is COC1CCC(CNC(=O)C[C@@H]2CCC[C@H]2N)CC1. The van der Waals surface area contributed by atoms with Crippen molar-refractivity contribution < 1.29 is 9.53 Å². The minimum Gasteiger partial charge on any atom is -0.381 e. The van der Waals surface area contributed by atoms with Crippen molar-refractivity contribution in [1.82, 2.24) is 5.32 Å². The van der Waals surface area contributed by atoms with Crippen LogP contribution >= 0.6 is 0 Å². The molecule has 0 aliphatic heterocycles. The second-order valence-corrected chi connectivity index (χ2v) is 6.24. The maximum atomic E-state index is 11.9. The molecule has 19 heavy (non-hydrogen) atoms. The first-order chi connectivity index (χ1) is 9.19. The zero-order valence-corrected chi connectivity index (χ0v) is 12.1. The van der Waals surface area contributed by atoms with Crippen molar-refractivity contribution in [1.29, 1.82) is 0 Å². The monoisotopic (exact) mass is 268 g/mol. The van der Waals surface area contributed by atoms with Crippen molar-refractivity contribution in [2.24, 2.45) is 17.6 Å². The molecule has 110 valence electrons. The van der Waals surface area contributed by atoms with E-state index in [4.69, 9.17) is 10.5 Å². The van der Waals surface area contributed by atoms with Crippen LogP contribution in [0.5, 0.6) is 0 Å². The third-order valence-electron chi connectivity index (χ3n) is 4.88. The molecule has 2 aliphatic rings. The number of ether oxygens (including phenoxy) is 1. The first-order valence-corrected chi connectivity index (χ1v) is 7.74. The van der Waals surface area contributed by atoms with Crippen molar-refractivity contribution in [2.45, 2.75) is 63.5 Å². The number of rotatable bonds is 5. The van der Waals surface area contributed by atoms with Gasteiger partial charge in [-0.1, -0.05) is 6.42 Å². The highest BCUT2D eigenvalue weighted by Crippen LogP contribution is 2.27. The Balaban J connectivity index is 1.61. The van der Waals surface area contributed by atoms with E-state index < -0.39 is 0 Å². The highest BCUT2D eigenvalue weighted by Gasteiger charge is 2.26. The molecule has 4 heteroatoms. The van der Waals surface area contributed by atoms with Crippen LogP contribution in [0.25, 0.3) is 0 Å². The number of amides is 1. The van der Waals surface area contributed by atoms with Crippen LogP contribution in [-0.4, -0.2) is 31.7 Å². The van der Waals surface area contributed by atoms with Crippen molar-refractivity contribution in [3.05, 3.63) is 0 Å². The van der Waals surface area contributed by atoms with Gasteiger partial charge >= 0.3 is 0 Å². The summed E-state index contributed by atoms with van der Waals surface area (Å²) in [6.07, 6.45) is 9.03. The van der Waals surface area contributed by atoms with Crippen LogP contribution in [0.3, 0.4) is 0 Å². The Morgan fingerprint density at radius 3 is 2.53 bits per heavy atom. The molecule has 2 atom stereocenters. The molecule has 2 fully saturated rings. The standard InChI is InChI=1S/C15H28N2O2/c1-19-13-7-5-11(6-8-13)10-17-15(18)9-12-3-2-4-14(12)16/h11-14H,2-10,16H2,1H3,(H,17,18)/t11?,12-,13?,14+/m0/s1. The van der Waals surface area contributed by atoms with E-state index in [-0.39, 0.29) is 11.9 Å². The van der Waals surface area contributed by atoms with E-state index >= 15 is 0 Å². The van der Waals surface area contributed by atoms with Crippen molar-refractivity contribution in [3.8, 4) is 0 Å². The van der Waals surface area contributed by atoms with Crippen molar-refractivity contribution in [2.75, 3.05) is 13.7 Å². The van der Waals surface area contributed by atoms with Gasteiger partial charge in [-0.25, -0.2) is 0 Å². The molecule has 0 spiro atoms. The topological polar surface area (TPSA) is 64.3 Å². The maximum absolute atomic E-state index is 11.9. The molecule has 0 unspecified atom stereocenters. The summed E-state index contributed by atoms with van der Waals surface area (Å²) >= 11 is 0. The minimum atomic E-state index is 0.191. The first-order valence-electron chi connectivity index (χ1n) is 7.74. The van der Waals surface area contributed by atoms with Gasteiger partial charge in [0.15, 0.2) is 0 Å². The highest BCUT2D eigenvalue weighted by molar-refractivity contribution is 5.76. The summed E-state index contributed by atoms with van der Waals surface area (Å²) in [5, 5.41) is 3.10. The molecule has 0 aromatic carbocycles. The molecule has 0 aromatic rings. The van der Waals surface area contributed by atoms with E-state index in [0.717, 1.165) is 32.2 Å². The van der Waals surface area contributed by atoms with Crippen molar-refractivity contribution in [3.63, 3.8) is 0 Å². The second kappa shape index (κ2) is 7.25. The van der Waals surface area contributed by atoms with E-state index in [1.165, 1.54) is 19.3 Å². The zero-order valence-electron chi connectivity index (χ0n) is 12.1. The Bertz CT molecular complexity index is 288. The fourth-order valence-electron chi connectivity index (χ4n) is 3.46. The smallest absolute Gasteiger partial charge is 0.220 e. The zero-order chi connectivity index (χ0) is 13.7. The summed E-state index contributed by atoms with van der Waals surface area (Å²) in [6.45, 7) is 0.831. The number of methoxy groups -OCH3 is 1. The first kappa shape index (κ1) is 14.8. The molecule has 0 radical (unpaired) electrons. The highest BCUT2D eigenvalue weighted by atomic mass is 16.5. The van der Waals surface area contributed by atoms with Crippen LogP contribution in [0, 0.1) is 11.8 Å². The molecule has 0 heterocycles. The lowest BCUT2D eigenvalue weighted by atomic mass is 9.87. The van der Waals surface area contributed by atoms with E-state index in [1.807, 2.05) is 0 Å². The number of carbonyl (C=O) groups excluding carboxylic acids is 1. The predicted octanol–water partition coefficient (Wildman–Crippen LogP) is 1.83. The van der Waals surface area contributed by atoms with Gasteiger partial charge in [-0.3, -0.25) is 4.79 Å². The van der Waals surface area contributed by atoms with E-state index in [2.05, 4.69) is 5.32 Å². The Kier molecular flexibility index (Phi) is 5.64. The third kappa shape index (κ3) is 4.46. The molecule has 1 amide bonds. The lowest BCUT2D eigenvalue weighted by Gasteiger charge is -2.27. The lowest BCUT2D eigenvalue weighted by Crippen LogP contribution is -2.35. The molecule has 3 N–H and O–H groups in total. The molecule has 2 aliphatic carbocycles. The Labute approximate surface area is 116 Å². The fraction of sp³-hybridized carbons (Fsp3) is 0.933. The van der Waals surface area contributed by atoms with Gasteiger partial charge in [-0.05, 0) is 50.4 Å². The maximum Gasteiger partial charge on any atom is 0.220 e. The number of hydrogen-bond acceptors (Lipinski definition) is 3. The number of hydrogen-bond donors (Lipinski definition) is 2. The van der Waals surface area contributed by atoms with Crippen LogP contribution < -0.4 is 11.1 Å². The fourth-order valence-corrected chi connectivity index (χ4v) is 3.46. The van der Waals surface area contributed by atoms with Crippen LogP contribution in [0.2, 0.25) is 0 Å². The van der Waals surface area contributed by atoms with E-state index in [9.17, 15) is 4.79 Å². The Hall–Kier alpha value is -0.610. The van der Waals surface area contributed by atoms with Crippen LogP contribution in [0.1, 0.15) is 51.4 Å². The van der Waals surface area contributed by atoms with Gasteiger partial charge in [-0.2, -0.15) is 0 Å². The van der Waals surface area contributed by atoms with Gasteiger partial charge in [0.25, 0.3) is 0 Å². The number of nitrogens with two attached hydrogens (primary N) is 1. The molecule has 0 aromatic heterocycles. The Morgan fingerprint density at radius 1 is 1.21 bits per heavy atom. The summed E-state index contributed by atoms with van der Waals surface area (Å²) < 4.78 is 5.36. The van der Waals surface area contributed by atoms with Gasteiger partial charge in [0.1, 0.15) is 0 Å². The normalized spacial score (nSPS) is 35.3. The van der Waals surface area contributed by atoms with Crippen molar-refractivity contribution >= 4 is 5.91 Å². The van der Waals surface area contributed by atoms with Gasteiger partial charge in [0.2, 0.25) is 5.91 Å². The van der Waals surface area contributed by atoms with Gasteiger partial charge < -0.3 is 15.8 Å². The van der Waals surface area contributed by atoms with Gasteiger partial charge in [0.05, 0.1) is 6.10 Å². The molecular weight excluding hydrogens is 240 g/mol. The van der Waals surface area contributed by atoms with Gasteiger partial charge in [0, 0.05) is 26.1 Å². The predicted molar refractivity (Wildman–Crippen MR) is 75.7 cm³/mol. The summed E-state index contributed by atoms with van der Waals surface area (Å²) in [5.74, 6) is 1.23. The minimum absolute atomic E-state index is 0.191. The molecule has 2 rings (SSSR count). The van der Waals surface area contributed by atoms with Gasteiger partial charge in [-0.15, -0.1) is 0 Å². The average Bonchev–Trinajstić information content (AvgIpc) is 2.82. The summed E-state index contributed by atoms with van der Waals surface area (Å²) in [6, 6.07) is 0.239. The summed E-state index contributed by atoms with van der Waals surface area (Å²) in [5.41, 5.74) is 6.00. The summed E-state index contributed by atoms with van der Waals surface area (Å²) in [4.78, 5) is 11.9. The lowest BCUT2D eigenvalue weighted by molar-refractivity contribution is -0.122. The summed E-state index contributed by atoms with van der Waals surface area (Å²) in [7, 11) is 1.79. The van der Waals surface area contributed by atoms with E-state index in [1.54, 1.807) is 7.11 Å². The number of nitrogens with one attached hydrogen (secondary N) is 1.